The Labute approximate surface area is 149 Å². The third-order valence-electron chi connectivity index (χ3n) is 4.71. The molecule has 0 bridgehead atoms. The van der Waals surface area contributed by atoms with Crippen molar-refractivity contribution in [2.24, 2.45) is 0 Å². The Balaban J connectivity index is 1.58. The number of furan rings is 2. The maximum Gasteiger partial charge on any atom is 0.126 e. The van der Waals surface area contributed by atoms with E-state index in [0.29, 0.717) is 6.04 Å². The molecule has 1 aliphatic rings. The van der Waals surface area contributed by atoms with Crippen LogP contribution in [0, 0.1) is 6.92 Å². The highest BCUT2D eigenvalue weighted by Gasteiger charge is 2.27. The van der Waals surface area contributed by atoms with Crippen molar-refractivity contribution < 1.29 is 13.9 Å². The topological polar surface area (TPSA) is 53.0 Å². The molecule has 25 heavy (non-hydrogen) atoms. The van der Waals surface area contributed by atoms with Crippen molar-refractivity contribution in [2.75, 3.05) is 32.8 Å². The van der Waals surface area contributed by atoms with E-state index >= 15 is 0 Å². The van der Waals surface area contributed by atoms with Gasteiger partial charge in [0.15, 0.2) is 0 Å². The fourth-order valence-electron chi connectivity index (χ4n) is 3.52. The van der Waals surface area contributed by atoms with Gasteiger partial charge in [0.25, 0.3) is 0 Å². The number of piperazine rings is 1. The zero-order valence-corrected chi connectivity index (χ0v) is 15.1. The van der Waals surface area contributed by atoms with Crippen LogP contribution in [0.3, 0.4) is 0 Å². The van der Waals surface area contributed by atoms with E-state index in [1.807, 2.05) is 31.2 Å². The molecule has 136 valence electrons. The van der Waals surface area contributed by atoms with Crippen LogP contribution in [-0.2, 0) is 6.54 Å². The molecular weight excluding hydrogens is 316 g/mol. The van der Waals surface area contributed by atoms with Gasteiger partial charge in [-0.3, -0.25) is 9.80 Å². The van der Waals surface area contributed by atoms with Crippen LogP contribution < -0.4 is 0 Å². The van der Waals surface area contributed by atoms with Crippen LogP contribution in [0.2, 0.25) is 0 Å². The van der Waals surface area contributed by atoms with Crippen molar-refractivity contribution in [3.8, 4) is 0 Å². The lowest BCUT2D eigenvalue weighted by molar-refractivity contribution is 0.0535. The minimum absolute atomic E-state index is 0.216. The van der Waals surface area contributed by atoms with Gasteiger partial charge in [-0.15, -0.1) is 0 Å². The molecule has 3 heterocycles. The van der Waals surface area contributed by atoms with Crippen molar-refractivity contribution in [3.05, 3.63) is 53.4 Å². The summed E-state index contributed by atoms with van der Waals surface area (Å²) in [7, 11) is 0. The highest BCUT2D eigenvalue weighted by Crippen LogP contribution is 2.19. The van der Waals surface area contributed by atoms with E-state index in [-0.39, 0.29) is 6.61 Å². The second-order valence-corrected chi connectivity index (χ2v) is 6.89. The monoisotopic (exact) mass is 344 g/mol. The molecular formula is C20H28N2O3. The predicted molar refractivity (Wildman–Crippen MR) is 98.1 cm³/mol. The van der Waals surface area contributed by atoms with Gasteiger partial charge in [0.05, 0.1) is 12.8 Å². The molecule has 0 aromatic carbocycles. The van der Waals surface area contributed by atoms with Gasteiger partial charge >= 0.3 is 0 Å². The lowest BCUT2D eigenvalue weighted by Gasteiger charge is -2.41. The minimum Gasteiger partial charge on any atom is -0.465 e. The van der Waals surface area contributed by atoms with Crippen molar-refractivity contribution in [1.29, 1.82) is 0 Å². The second kappa shape index (κ2) is 8.52. The Bertz CT molecular complexity index is 675. The van der Waals surface area contributed by atoms with Crippen LogP contribution in [0.25, 0.3) is 6.08 Å². The lowest BCUT2D eigenvalue weighted by Crippen LogP contribution is -2.53. The van der Waals surface area contributed by atoms with Crippen molar-refractivity contribution in [1.82, 2.24) is 9.80 Å². The van der Waals surface area contributed by atoms with E-state index in [4.69, 9.17) is 8.83 Å². The smallest absolute Gasteiger partial charge is 0.126 e. The van der Waals surface area contributed by atoms with Gasteiger partial charge < -0.3 is 13.9 Å². The van der Waals surface area contributed by atoms with Crippen LogP contribution >= 0.6 is 0 Å². The SMILES string of the molecule is CC(=Cc1ccco1)CN1CCN(Cc2ccc(C)o2)C(CCO)C1. The first-order valence-electron chi connectivity index (χ1n) is 8.97. The Morgan fingerprint density at radius 2 is 2.20 bits per heavy atom. The zero-order chi connectivity index (χ0) is 17.6. The van der Waals surface area contributed by atoms with Crippen LogP contribution in [0.15, 0.2) is 44.9 Å². The fourth-order valence-corrected chi connectivity index (χ4v) is 3.52. The Kier molecular flexibility index (Phi) is 6.13. The van der Waals surface area contributed by atoms with Crippen molar-refractivity contribution in [3.63, 3.8) is 0 Å². The first kappa shape index (κ1) is 18.0. The number of hydrogen-bond donors (Lipinski definition) is 1. The average molecular weight is 344 g/mol. The summed E-state index contributed by atoms with van der Waals surface area (Å²) in [6.45, 7) is 9.03. The summed E-state index contributed by atoms with van der Waals surface area (Å²) >= 11 is 0. The number of aryl methyl sites for hydroxylation is 1. The third-order valence-corrected chi connectivity index (χ3v) is 4.71. The summed E-state index contributed by atoms with van der Waals surface area (Å²) in [4.78, 5) is 4.88. The van der Waals surface area contributed by atoms with Gasteiger partial charge in [-0.05, 0) is 50.6 Å². The third kappa shape index (κ3) is 5.08. The Morgan fingerprint density at radius 1 is 1.32 bits per heavy atom. The zero-order valence-electron chi connectivity index (χ0n) is 15.1. The quantitative estimate of drug-likeness (QED) is 0.836. The van der Waals surface area contributed by atoms with E-state index in [1.165, 1.54) is 5.57 Å². The second-order valence-electron chi connectivity index (χ2n) is 6.89. The summed E-state index contributed by atoms with van der Waals surface area (Å²) in [5.41, 5.74) is 1.29. The van der Waals surface area contributed by atoms with Crippen LogP contribution in [0.5, 0.6) is 0 Å². The van der Waals surface area contributed by atoms with E-state index in [0.717, 1.165) is 56.4 Å². The van der Waals surface area contributed by atoms with Gasteiger partial charge in [0, 0.05) is 38.8 Å². The Morgan fingerprint density at radius 3 is 2.88 bits per heavy atom. The minimum atomic E-state index is 0.216. The standard InChI is InChI=1S/C20H28N2O3/c1-16(12-19-4-3-11-24-19)13-21-8-9-22(18(14-21)7-10-23)15-20-6-5-17(2)25-20/h3-6,11-12,18,23H,7-10,13-15H2,1-2H3. The summed E-state index contributed by atoms with van der Waals surface area (Å²) in [6, 6.07) is 8.29. The highest BCUT2D eigenvalue weighted by molar-refractivity contribution is 5.46. The summed E-state index contributed by atoms with van der Waals surface area (Å²) in [6.07, 6.45) is 4.59. The van der Waals surface area contributed by atoms with E-state index in [1.54, 1.807) is 6.26 Å². The molecule has 1 unspecified atom stereocenters. The summed E-state index contributed by atoms with van der Waals surface area (Å²) in [5.74, 6) is 2.85. The first-order valence-corrected chi connectivity index (χ1v) is 8.97. The number of aliphatic hydroxyl groups is 1. The number of aliphatic hydroxyl groups excluding tert-OH is 1. The van der Waals surface area contributed by atoms with Crippen molar-refractivity contribution in [2.45, 2.75) is 32.9 Å². The molecule has 0 aliphatic carbocycles. The molecule has 1 atom stereocenters. The molecule has 1 N–H and O–H groups in total. The molecule has 1 fully saturated rings. The molecule has 0 amide bonds. The van der Waals surface area contributed by atoms with E-state index in [2.05, 4.69) is 22.8 Å². The molecule has 1 aliphatic heterocycles. The summed E-state index contributed by atoms with van der Waals surface area (Å²) in [5, 5.41) is 9.45. The van der Waals surface area contributed by atoms with Gasteiger partial charge in [0.2, 0.25) is 0 Å². The largest absolute Gasteiger partial charge is 0.465 e. The maximum atomic E-state index is 9.45. The fraction of sp³-hybridized carbons (Fsp3) is 0.500. The molecule has 5 heteroatoms. The van der Waals surface area contributed by atoms with Gasteiger partial charge in [-0.25, -0.2) is 0 Å². The number of nitrogens with zero attached hydrogens (tertiary/aromatic N) is 2. The molecule has 5 nitrogen and oxygen atoms in total. The lowest BCUT2D eigenvalue weighted by atomic mass is 10.1. The molecule has 2 aromatic rings. The molecule has 2 aromatic heterocycles. The van der Waals surface area contributed by atoms with Crippen LogP contribution in [-0.4, -0.2) is 53.7 Å². The van der Waals surface area contributed by atoms with Crippen LogP contribution in [0.1, 0.15) is 30.6 Å². The van der Waals surface area contributed by atoms with Gasteiger partial charge in [-0.1, -0.05) is 5.57 Å². The average Bonchev–Trinajstić information content (AvgIpc) is 3.22. The Hall–Kier alpha value is -1.82. The normalized spacial score (nSPS) is 20.3. The van der Waals surface area contributed by atoms with Crippen LogP contribution in [0.4, 0.5) is 0 Å². The van der Waals surface area contributed by atoms with E-state index < -0.39 is 0 Å². The molecule has 1 saturated heterocycles. The summed E-state index contributed by atoms with van der Waals surface area (Å²) < 4.78 is 11.1. The van der Waals surface area contributed by atoms with Crippen molar-refractivity contribution >= 4 is 6.08 Å². The number of rotatable bonds is 7. The molecule has 3 rings (SSSR count). The molecule has 0 radical (unpaired) electrons. The van der Waals surface area contributed by atoms with Gasteiger partial charge in [-0.2, -0.15) is 0 Å². The predicted octanol–water partition coefficient (Wildman–Crippen LogP) is 3.15. The number of hydrogen-bond acceptors (Lipinski definition) is 5. The van der Waals surface area contributed by atoms with Gasteiger partial charge in [0.1, 0.15) is 17.3 Å². The highest BCUT2D eigenvalue weighted by atomic mass is 16.3. The molecule has 0 spiro atoms. The van der Waals surface area contributed by atoms with E-state index in [9.17, 15) is 5.11 Å². The first-order chi connectivity index (χ1) is 12.1. The maximum absolute atomic E-state index is 9.45. The molecule has 0 saturated carbocycles.